The highest BCUT2D eigenvalue weighted by atomic mass is 16.5. The SMILES string of the molecule is C=Cc1ccc(OC)c(C(=O)Cc2nn[nH]n2)c1. The second-order valence-corrected chi connectivity index (χ2v) is 3.59. The van der Waals surface area contributed by atoms with E-state index in [0.717, 1.165) is 5.56 Å². The average molecular weight is 244 g/mol. The largest absolute Gasteiger partial charge is 0.496 e. The molecule has 0 atom stereocenters. The number of rotatable bonds is 5. The molecule has 0 radical (unpaired) electrons. The van der Waals surface area contributed by atoms with E-state index in [1.165, 1.54) is 7.11 Å². The number of nitrogens with one attached hydrogen (secondary N) is 1. The molecule has 92 valence electrons. The topological polar surface area (TPSA) is 80.8 Å². The van der Waals surface area contributed by atoms with Gasteiger partial charge in [-0.2, -0.15) is 5.21 Å². The molecule has 1 heterocycles. The second kappa shape index (κ2) is 5.22. The average Bonchev–Trinajstić information content (AvgIpc) is 2.90. The van der Waals surface area contributed by atoms with Gasteiger partial charge in [-0.3, -0.25) is 4.79 Å². The molecule has 0 bridgehead atoms. The minimum absolute atomic E-state index is 0.0768. The third-order valence-electron chi connectivity index (χ3n) is 2.47. The quantitative estimate of drug-likeness (QED) is 0.801. The van der Waals surface area contributed by atoms with Crippen molar-refractivity contribution in [3.63, 3.8) is 0 Å². The van der Waals surface area contributed by atoms with Crippen molar-refractivity contribution in [3.05, 3.63) is 41.7 Å². The molecule has 18 heavy (non-hydrogen) atoms. The number of carbonyl (C=O) groups is 1. The number of methoxy groups -OCH3 is 1. The van der Waals surface area contributed by atoms with Crippen molar-refractivity contribution in [1.82, 2.24) is 20.6 Å². The van der Waals surface area contributed by atoms with E-state index in [4.69, 9.17) is 4.74 Å². The third-order valence-corrected chi connectivity index (χ3v) is 2.47. The minimum atomic E-state index is -0.128. The van der Waals surface area contributed by atoms with E-state index >= 15 is 0 Å². The summed E-state index contributed by atoms with van der Waals surface area (Å²) in [5.41, 5.74) is 1.34. The molecule has 1 aromatic heterocycles. The normalized spacial score (nSPS) is 10.1. The summed E-state index contributed by atoms with van der Waals surface area (Å²) < 4.78 is 5.17. The molecule has 6 heteroatoms. The first-order valence-corrected chi connectivity index (χ1v) is 5.30. The molecular weight excluding hydrogens is 232 g/mol. The Hall–Kier alpha value is -2.50. The number of nitrogens with zero attached hydrogens (tertiary/aromatic N) is 3. The second-order valence-electron chi connectivity index (χ2n) is 3.59. The van der Waals surface area contributed by atoms with Crippen LogP contribution < -0.4 is 4.74 Å². The lowest BCUT2D eigenvalue weighted by Crippen LogP contribution is -2.07. The van der Waals surface area contributed by atoms with Crippen LogP contribution in [0.15, 0.2) is 24.8 Å². The van der Waals surface area contributed by atoms with Crippen molar-refractivity contribution in [2.75, 3.05) is 7.11 Å². The van der Waals surface area contributed by atoms with Crippen LogP contribution in [0.3, 0.4) is 0 Å². The van der Waals surface area contributed by atoms with E-state index in [2.05, 4.69) is 27.2 Å². The van der Waals surface area contributed by atoms with Crippen LogP contribution in [-0.4, -0.2) is 33.5 Å². The van der Waals surface area contributed by atoms with Gasteiger partial charge in [0.05, 0.1) is 19.1 Å². The zero-order chi connectivity index (χ0) is 13.0. The Morgan fingerprint density at radius 1 is 1.56 bits per heavy atom. The maximum Gasteiger partial charge on any atom is 0.182 e. The molecular formula is C12H12N4O2. The van der Waals surface area contributed by atoms with Gasteiger partial charge in [0.15, 0.2) is 11.6 Å². The van der Waals surface area contributed by atoms with Crippen molar-refractivity contribution < 1.29 is 9.53 Å². The molecule has 0 fully saturated rings. The number of ether oxygens (including phenoxy) is 1. The van der Waals surface area contributed by atoms with Gasteiger partial charge in [-0.25, -0.2) is 0 Å². The van der Waals surface area contributed by atoms with Gasteiger partial charge in [0.1, 0.15) is 5.75 Å². The lowest BCUT2D eigenvalue weighted by molar-refractivity contribution is 0.0988. The van der Waals surface area contributed by atoms with Gasteiger partial charge in [0.25, 0.3) is 0 Å². The Kier molecular flexibility index (Phi) is 3.47. The highest BCUT2D eigenvalue weighted by Gasteiger charge is 2.15. The van der Waals surface area contributed by atoms with E-state index in [0.29, 0.717) is 17.1 Å². The number of aromatic nitrogens is 4. The summed E-state index contributed by atoms with van der Waals surface area (Å²) in [6.07, 6.45) is 1.75. The molecule has 0 amide bonds. The van der Waals surface area contributed by atoms with Gasteiger partial charge >= 0.3 is 0 Å². The van der Waals surface area contributed by atoms with Crippen LogP contribution >= 0.6 is 0 Å². The van der Waals surface area contributed by atoms with Gasteiger partial charge in [-0.15, -0.1) is 10.2 Å². The molecule has 2 aromatic rings. The first-order valence-electron chi connectivity index (χ1n) is 5.30. The summed E-state index contributed by atoms with van der Waals surface area (Å²) in [4.78, 5) is 12.1. The Morgan fingerprint density at radius 2 is 2.39 bits per heavy atom. The number of aromatic amines is 1. The number of Topliss-reactive ketones (excluding diaryl/α,β-unsaturated/α-hetero) is 1. The molecule has 1 aromatic carbocycles. The summed E-state index contributed by atoms with van der Waals surface area (Å²) in [5.74, 6) is 0.747. The van der Waals surface area contributed by atoms with E-state index in [-0.39, 0.29) is 12.2 Å². The Bertz CT molecular complexity index is 563. The molecule has 1 N–H and O–H groups in total. The van der Waals surface area contributed by atoms with E-state index in [1.54, 1.807) is 18.2 Å². The first kappa shape index (κ1) is 12.0. The molecule has 0 aliphatic rings. The van der Waals surface area contributed by atoms with E-state index in [9.17, 15) is 4.79 Å². The highest BCUT2D eigenvalue weighted by Crippen LogP contribution is 2.21. The molecule has 0 saturated heterocycles. The van der Waals surface area contributed by atoms with E-state index < -0.39 is 0 Å². The highest BCUT2D eigenvalue weighted by molar-refractivity contribution is 6.00. The van der Waals surface area contributed by atoms with E-state index in [1.807, 2.05) is 6.07 Å². The number of hydrogen-bond donors (Lipinski definition) is 1. The lowest BCUT2D eigenvalue weighted by atomic mass is 10.0. The standard InChI is InChI=1S/C12H12N4O2/c1-3-8-4-5-11(18-2)9(6-8)10(17)7-12-13-15-16-14-12/h3-6H,1,7H2,2H3,(H,13,14,15,16). The predicted octanol–water partition coefficient (Wildman–Crippen LogP) is 1.28. The maximum atomic E-state index is 12.1. The lowest BCUT2D eigenvalue weighted by Gasteiger charge is -2.07. The molecule has 0 unspecified atom stereocenters. The van der Waals surface area contributed by atoms with Crippen molar-refractivity contribution in [1.29, 1.82) is 0 Å². The minimum Gasteiger partial charge on any atom is -0.496 e. The number of benzene rings is 1. The zero-order valence-corrected chi connectivity index (χ0v) is 9.88. The molecule has 0 aliphatic carbocycles. The first-order chi connectivity index (χ1) is 8.74. The molecule has 2 rings (SSSR count). The fourth-order valence-electron chi connectivity index (χ4n) is 1.57. The van der Waals surface area contributed by atoms with Crippen LogP contribution in [-0.2, 0) is 6.42 Å². The number of tetrazole rings is 1. The van der Waals surface area contributed by atoms with Crippen molar-refractivity contribution in [2.45, 2.75) is 6.42 Å². The van der Waals surface area contributed by atoms with Crippen LogP contribution in [0.2, 0.25) is 0 Å². The zero-order valence-electron chi connectivity index (χ0n) is 9.88. The third kappa shape index (κ3) is 2.42. The smallest absolute Gasteiger partial charge is 0.182 e. The Labute approximate surface area is 104 Å². The van der Waals surface area contributed by atoms with Crippen LogP contribution in [0, 0.1) is 0 Å². The summed E-state index contributed by atoms with van der Waals surface area (Å²) in [5, 5.41) is 13.2. The Balaban J connectivity index is 2.30. The number of hydrogen-bond acceptors (Lipinski definition) is 5. The molecule has 6 nitrogen and oxygen atoms in total. The summed E-state index contributed by atoms with van der Waals surface area (Å²) in [7, 11) is 1.52. The van der Waals surface area contributed by atoms with Gasteiger partial charge in [0.2, 0.25) is 0 Å². The number of ketones is 1. The monoisotopic (exact) mass is 244 g/mol. The van der Waals surface area contributed by atoms with Crippen LogP contribution in [0.25, 0.3) is 6.08 Å². The van der Waals surface area contributed by atoms with Crippen molar-refractivity contribution in [2.24, 2.45) is 0 Å². The maximum absolute atomic E-state index is 12.1. The van der Waals surface area contributed by atoms with Crippen LogP contribution in [0.1, 0.15) is 21.7 Å². The molecule has 0 saturated carbocycles. The number of carbonyl (C=O) groups excluding carboxylic acids is 1. The van der Waals surface area contributed by atoms with Gasteiger partial charge in [-0.1, -0.05) is 23.9 Å². The molecule has 0 aliphatic heterocycles. The fourth-order valence-corrected chi connectivity index (χ4v) is 1.57. The predicted molar refractivity (Wildman–Crippen MR) is 65.3 cm³/mol. The van der Waals surface area contributed by atoms with Gasteiger partial charge < -0.3 is 4.74 Å². The Morgan fingerprint density at radius 3 is 3.00 bits per heavy atom. The fraction of sp³-hybridized carbons (Fsp3) is 0.167. The summed E-state index contributed by atoms with van der Waals surface area (Å²) in [6, 6.07) is 5.30. The summed E-state index contributed by atoms with van der Waals surface area (Å²) >= 11 is 0. The van der Waals surface area contributed by atoms with Crippen LogP contribution in [0.5, 0.6) is 5.75 Å². The van der Waals surface area contributed by atoms with Gasteiger partial charge in [-0.05, 0) is 17.7 Å². The van der Waals surface area contributed by atoms with Crippen molar-refractivity contribution in [3.8, 4) is 5.75 Å². The number of H-pyrrole nitrogens is 1. The van der Waals surface area contributed by atoms with Gasteiger partial charge in [0, 0.05) is 0 Å². The van der Waals surface area contributed by atoms with Crippen molar-refractivity contribution >= 4 is 11.9 Å². The summed E-state index contributed by atoms with van der Waals surface area (Å²) in [6.45, 7) is 3.67. The molecule has 0 spiro atoms. The van der Waals surface area contributed by atoms with Crippen LogP contribution in [0.4, 0.5) is 0 Å².